The van der Waals surface area contributed by atoms with Crippen LogP contribution < -0.4 is 5.73 Å². The molecule has 2 aromatic heterocycles. The first-order valence-corrected chi connectivity index (χ1v) is 6.74. The summed E-state index contributed by atoms with van der Waals surface area (Å²) in [6, 6.07) is 9.61. The SMILES string of the molecule is Nc1ccc(C2(c3nc(-c4ccncn4)no3)CC2)cc1. The van der Waals surface area contributed by atoms with Crippen LogP contribution in [0.4, 0.5) is 5.69 Å². The molecule has 6 heteroatoms. The summed E-state index contributed by atoms with van der Waals surface area (Å²) in [6.07, 6.45) is 5.13. The molecule has 0 radical (unpaired) electrons. The predicted octanol–water partition coefficient (Wildman–Crippen LogP) is 2.19. The number of nitrogen functional groups attached to an aromatic ring is 1. The highest BCUT2D eigenvalue weighted by Gasteiger charge is 2.51. The average Bonchev–Trinajstić information content (AvgIpc) is 3.19. The molecule has 6 nitrogen and oxygen atoms in total. The van der Waals surface area contributed by atoms with Gasteiger partial charge in [-0.05, 0) is 36.6 Å². The minimum Gasteiger partial charge on any atom is -0.399 e. The van der Waals surface area contributed by atoms with Gasteiger partial charge < -0.3 is 10.3 Å². The van der Waals surface area contributed by atoms with Gasteiger partial charge in [0.15, 0.2) is 0 Å². The molecule has 21 heavy (non-hydrogen) atoms. The number of hydrogen-bond acceptors (Lipinski definition) is 6. The topological polar surface area (TPSA) is 90.7 Å². The Kier molecular flexibility index (Phi) is 2.50. The molecule has 0 aliphatic heterocycles. The molecule has 0 bridgehead atoms. The summed E-state index contributed by atoms with van der Waals surface area (Å²) in [5.74, 6) is 1.13. The first-order chi connectivity index (χ1) is 10.3. The molecule has 0 unspecified atom stereocenters. The fourth-order valence-corrected chi connectivity index (χ4v) is 2.50. The Morgan fingerprint density at radius 1 is 1.10 bits per heavy atom. The van der Waals surface area contributed by atoms with Crippen molar-refractivity contribution < 1.29 is 4.52 Å². The van der Waals surface area contributed by atoms with Crippen molar-refractivity contribution in [3.8, 4) is 11.5 Å². The molecule has 0 spiro atoms. The Balaban J connectivity index is 1.71. The van der Waals surface area contributed by atoms with E-state index in [-0.39, 0.29) is 5.41 Å². The first-order valence-electron chi connectivity index (χ1n) is 6.74. The number of hydrogen-bond donors (Lipinski definition) is 1. The van der Waals surface area contributed by atoms with Crippen molar-refractivity contribution in [2.45, 2.75) is 18.3 Å². The third kappa shape index (κ3) is 1.96. The van der Waals surface area contributed by atoms with Crippen LogP contribution in [0.2, 0.25) is 0 Å². The van der Waals surface area contributed by atoms with E-state index in [0.29, 0.717) is 17.4 Å². The Morgan fingerprint density at radius 3 is 2.57 bits per heavy atom. The van der Waals surface area contributed by atoms with Crippen LogP contribution in [0.3, 0.4) is 0 Å². The zero-order valence-corrected chi connectivity index (χ0v) is 11.2. The highest BCUT2D eigenvalue weighted by molar-refractivity contribution is 5.49. The molecule has 1 aliphatic rings. The van der Waals surface area contributed by atoms with Crippen LogP contribution in [0.1, 0.15) is 24.3 Å². The van der Waals surface area contributed by atoms with Crippen molar-refractivity contribution in [1.29, 1.82) is 0 Å². The van der Waals surface area contributed by atoms with Gasteiger partial charge in [0, 0.05) is 11.9 Å². The maximum absolute atomic E-state index is 5.74. The van der Waals surface area contributed by atoms with Crippen molar-refractivity contribution in [2.24, 2.45) is 0 Å². The van der Waals surface area contributed by atoms with Crippen LogP contribution in [-0.4, -0.2) is 20.1 Å². The summed E-state index contributed by atoms with van der Waals surface area (Å²) in [5, 5.41) is 4.03. The third-order valence-electron chi connectivity index (χ3n) is 3.86. The lowest BCUT2D eigenvalue weighted by molar-refractivity contribution is 0.360. The van der Waals surface area contributed by atoms with E-state index in [1.54, 1.807) is 12.3 Å². The van der Waals surface area contributed by atoms with Gasteiger partial charge >= 0.3 is 0 Å². The lowest BCUT2D eigenvalue weighted by Crippen LogP contribution is -2.09. The number of rotatable bonds is 3. The molecular weight excluding hydrogens is 266 g/mol. The maximum Gasteiger partial charge on any atom is 0.237 e. The van der Waals surface area contributed by atoms with Gasteiger partial charge in [-0.2, -0.15) is 4.98 Å². The normalized spacial score (nSPS) is 15.8. The molecule has 2 N–H and O–H groups in total. The fourth-order valence-electron chi connectivity index (χ4n) is 2.50. The summed E-state index contributed by atoms with van der Waals surface area (Å²) < 4.78 is 5.48. The van der Waals surface area contributed by atoms with Gasteiger partial charge in [0.25, 0.3) is 0 Å². The van der Waals surface area contributed by atoms with Gasteiger partial charge in [0.1, 0.15) is 12.0 Å². The van der Waals surface area contributed by atoms with Gasteiger partial charge in [-0.15, -0.1) is 0 Å². The monoisotopic (exact) mass is 279 g/mol. The van der Waals surface area contributed by atoms with Crippen LogP contribution in [0.25, 0.3) is 11.5 Å². The van der Waals surface area contributed by atoms with Gasteiger partial charge in [0.05, 0.1) is 5.41 Å². The molecule has 0 amide bonds. The molecule has 3 aromatic rings. The van der Waals surface area contributed by atoms with Crippen molar-refractivity contribution in [3.63, 3.8) is 0 Å². The maximum atomic E-state index is 5.74. The molecule has 1 aromatic carbocycles. The number of benzene rings is 1. The van der Waals surface area contributed by atoms with E-state index in [0.717, 1.165) is 24.1 Å². The Morgan fingerprint density at radius 2 is 1.90 bits per heavy atom. The van der Waals surface area contributed by atoms with Gasteiger partial charge in [-0.3, -0.25) is 0 Å². The van der Waals surface area contributed by atoms with Crippen LogP contribution in [-0.2, 0) is 5.41 Å². The van der Waals surface area contributed by atoms with Crippen molar-refractivity contribution in [2.75, 3.05) is 5.73 Å². The van der Waals surface area contributed by atoms with E-state index in [2.05, 4.69) is 20.1 Å². The highest BCUT2D eigenvalue weighted by atomic mass is 16.5. The first kappa shape index (κ1) is 12.0. The van der Waals surface area contributed by atoms with Gasteiger partial charge in [0.2, 0.25) is 11.7 Å². The molecule has 0 atom stereocenters. The van der Waals surface area contributed by atoms with Crippen molar-refractivity contribution in [3.05, 3.63) is 54.3 Å². The summed E-state index contributed by atoms with van der Waals surface area (Å²) in [4.78, 5) is 12.5. The molecule has 104 valence electrons. The third-order valence-corrected chi connectivity index (χ3v) is 3.86. The van der Waals surface area contributed by atoms with Gasteiger partial charge in [-0.25, -0.2) is 9.97 Å². The summed E-state index contributed by atoms with van der Waals surface area (Å²) >= 11 is 0. The van der Waals surface area contributed by atoms with Crippen LogP contribution in [0, 0.1) is 0 Å². The number of nitrogens with two attached hydrogens (primary N) is 1. The van der Waals surface area contributed by atoms with Crippen LogP contribution in [0.5, 0.6) is 0 Å². The van der Waals surface area contributed by atoms with Crippen molar-refractivity contribution in [1.82, 2.24) is 20.1 Å². The number of nitrogens with zero attached hydrogens (tertiary/aromatic N) is 4. The number of aromatic nitrogens is 4. The molecule has 1 aliphatic carbocycles. The van der Waals surface area contributed by atoms with E-state index in [4.69, 9.17) is 10.3 Å². The zero-order chi connectivity index (χ0) is 14.3. The summed E-state index contributed by atoms with van der Waals surface area (Å²) in [7, 11) is 0. The minimum absolute atomic E-state index is 0.161. The van der Waals surface area contributed by atoms with E-state index in [9.17, 15) is 0 Å². The van der Waals surface area contributed by atoms with E-state index in [1.807, 2.05) is 24.3 Å². The Bertz CT molecular complexity index is 762. The second kappa shape index (κ2) is 4.37. The second-order valence-electron chi connectivity index (χ2n) is 5.22. The van der Waals surface area contributed by atoms with E-state index < -0.39 is 0 Å². The lowest BCUT2D eigenvalue weighted by Gasteiger charge is -2.10. The molecule has 0 saturated heterocycles. The quantitative estimate of drug-likeness (QED) is 0.739. The smallest absolute Gasteiger partial charge is 0.237 e. The fraction of sp³-hybridized carbons (Fsp3) is 0.200. The summed E-state index contributed by atoms with van der Waals surface area (Å²) in [6.45, 7) is 0. The zero-order valence-electron chi connectivity index (χ0n) is 11.2. The summed E-state index contributed by atoms with van der Waals surface area (Å²) in [5.41, 5.74) is 8.16. The largest absolute Gasteiger partial charge is 0.399 e. The van der Waals surface area contributed by atoms with Crippen molar-refractivity contribution >= 4 is 5.69 Å². The molecular formula is C15H13N5O. The van der Waals surface area contributed by atoms with E-state index >= 15 is 0 Å². The second-order valence-corrected chi connectivity index (χ2v) is 5.22. The minimum atomic E-state index is -0.161. The molecule has 1 saturated carbocycles. The van der Waals surface area contributed by atoms with Crippen LogP contribution >= 0.6 is 0 Å². The Labute approximate surface area is 121 Å². The molecule has 1 fully saturated rings. The molecule has 4 rings (SSSR count). The Hall–Kier alpha value is -2.76. The highest BCUT2D eigenvalue weighted by Crippen LogP contribution is 2.53. The van der Waals surface area contributed by atoms with Crippen LogP contribution in [0.15, 0.2) is 47.4 Å². The van der Waals surface area contributed by atoms with Gasteiger partial charge in [-0.1, -0.05) is 17.3 Å². The lowest BCUT2D eigenvalue weighted by atomic mass is 9.96. The predicted molar refractivity (Wildman–Crippen MR) is 76.2 cm³/mol. The average molecular weight is 279 g/mol. The van der Waals surface area contributed by atoms with E-state index in [1.165, 1.54) is 6.33 Å². The molecule has 2 heterocycles. The number of anilines is 1. The standard InChI is InChI=1S/C15H13N5O/c16-11-3-1-10(2-4-11)15(6-7-15)14-19-13(20-21-14)12-5-8-17-9-18-12/h1-5,8-9H,6-7,16H2.